The Bertz CT molecular complexity index is 235. The molecule has 0 unspecified atom stereocenters. The van der Waals surface area contributed by atoms with Crippen LogP contribution in [0.25, 0.3) is 0 Å². The van der Waals surface area contributed by atoms with Crippen LogP contribution >= 0.6 is 22.5 Å². The number of carbonyl (C=O) groups is 1. The fraction of sp³-hybridized carbons (Fsp3) is 0. The minimum Gasteiger partial charge on any atom is -0.298 e. The highest BCUT2D eigenvalue weighted by Crippen LogP contribution is 2.23. The first kappa shape index (κ1) is 7.69. The molecule has 52 valence electrons. The fourth-order valence-electron chi connectivity index (χ4n) is 0.661. The molecule has 1 aromatic rings. The topological polar surface area (TPSA) is 17.1 Å². The van der Waals surface area contributed by atoms with E-state index in [1.165, 1.54) is 10.8 Å². The molecule has 0 spiro atoms. The lowest BCUT2D eigenvalue weighted by Gasteiger charge is -1.95. The molecule has 0 fully saturated rings. The molecule has 3 heteroatoms. The highest BCUT2D eigenvalue weighted by Gasteiger charge is 1.96. The lowest BCUT2D eigenvalue weighted by Crippen LogP contribution is -1.80. The van der Waals surface area contributed by atoms with E-state index in [0.29, 0.717) is 5.56 Å². The molecule has 0 saturated heterocycles. The predicted octanol–water partition coefficient (Wildman–Crippen LogP) is 2.44. The summed E-state index contributed by atoms with van der Waals surface area (Å²) in [7, 11) is 1.28. The molecule has 1 rings (SSSR count). The number of thiol groups is 1. The van der Waals surface area contributed by atoms with Crippen molar-refractivity contribution in [2.45, 2.75) is 4.90 Å². The first-order valence-corrected chi connectivity index (χ1v) is 4.61. The van der Waals surface area contributed by atoms with Crippen LogP contribution in [0, 0.1) is 0 Å². The third kappa shape index (κ3) is 1.55. The van der Waals surface area contributed by atoms with Gasteiger partial charge >= 0.3 is 0 Å². The zero-order chi connectivity index (χ0) is 7.40. The number of hydrogen-bond donors (Lipinski definition) is 1. The van der Waals surface area contributed by atoms with Crippen LogP contribution in [0.15, 0.2) is 29.2 Å². The van der Waals surface area contributed by atoms with Gasteiger partial charge in [-0.15, -0.1) is 11.7 Å². The van der Waals surface area contributed by atoms with Crippen LogP contribution in [-0.4, -0.2) is 6.29 Å². The van der Waals surface area contributed by atoms with E-state index in [2.05, 4.69) is 11.7 Å². The van der Waals surface area contributed by atoms with Crippen LogP contribution in [0.5, 0.6) is 0 Å². The van der Waals surface area contributed by atoms with Crippen LogP contribution in [0.3, 0.4) is 0 Å². The van der Waals surface area contributed by atoms with Crippen LogP contribution < -0.4 is 0 Å². The molecule has 0 heterocycles. The lowest BCUT2D eigenvalue weighted by atomic mass is 10.2. The van der Waals surface area contributed by atoms with Gasteiger partial charge in [0.2, 0.25) is 0 Å². The van der Waals surface area contributed by atoms with Gasteiger partial charge in [-0.3, -0.25) is 4.79 Å². The van der Waals surface area contributed by atoms with Crippen molar-refractivity contribution in [3.8, 4) is 0 Å². The van der Waals surface area contributed by atoms with E-state index < -0.39 is 0 Å². The Labute approximate surface area is 68.6 Å². The minimum atomic E-state index is 0.697. The molecule has 0 N–H and O–H groups in total. The monoisotopic (exact) mass is 170 g/mol. The predicted molar refractivity (Wildman–Crippen MR) is 46.7 cm³/mol. The van der Waals surface area contributed by atoms with Gasteiger partial charge in [0.25, 0.3) is 0 Å². The van der Waals surface area contributed by atoms with Crippen molar-refractivity contribution in [3.63, 3.8) is 0 Å². The van der Waals surface area contributed by atoms with Crippen molar-refractivity contribution in [2.75, 3.05) is 0 Å². The third-order valence-corrected chi connectivity index (χ3v) is 2.30. The summed E-state index contributed by atoms with van der Waals surface area (Å²) in [6.07, 6.45) is 0.832. The summed E-state index contributed by atoms with van der Waals surface area (Å²) >= 11 is 3.99. The minimum absolute atomic E-state index is 0.697. The molecule has 10 heavy (non-hydrogen) atoms. The van der Waals surface area contributed by atoms with E-state index in [9.17, 15) is 4.79 Å². The third-order valence-electron chi connectivity index (χ3n) is 1.14. The highest BCUT2D eigenvalue weighted by atomic mass is 33.1. The lowest BCUT2D eigenvalue weighted by molar-refractivity contribution is 0.112. The maximum atomic E-state index is 10.3. The second-order valence-electron chi connectivity index (χ2n) is 1.75. The molecule has 1 aromatic carbocycles. The number of hydrogen-bond acceptors (Lipinski definition) is 3. The van der Waals surface area contributed by atoms with E-state index in [1.54, 1.807) is 6.07 Å². The summed E-state index contributed by atoms with van der Waals surface area (Å²) in [5.74, 6) is 0. The molecule has 0 radical (unpaired) electrons. The quantitative estimate of drug-likeness (QED) is 0.417. The largest absolute Gasteiger partial charge is 0.298 e. The Kier molecular flexibility index (Phi) is 2.83. The van der Waals surface area contributed by atoms with Crippen molar-refractivity contribution >= 4 is 28.7 Å². The Morgan fingerprint density at radius 2 is 2.10 bits per heavy atom. The van der Waals surface area contributed by atoms with Gasteiger partial charge in [0.15, 0.2) is 6.29 Å². The Hall–Kier alpha value is -0.410. The highest BCUT2D eigenvalue weighted by molar-refractivity contribution is 8.68. The Balaban J connectivity index is 3.08. The molecule has 1 nitrogen and oxygen atoms in total. The SMILES string of the molecule is O=Cc1ccccc1SS. The Morgan fingerprint density at radius 1 is 1.40 bits per heavy atom. The smallest absolute Gasteiger partial charge is 0.151 e. The molecule has 0 aromatic heterocycles. The van der Waals surface area contributed by atoms with Crippen LogP contribution in [0.2, 0.25) is 0 Å². The number of rotatable bonds is 2. The van der Waals surface area contributed by atoms with Crippen molar-refractivity contribution in [1.82, 2.24) is 0 Å². The van der Waals surface area contributed by atoms with Crippen LogP contribution in [0.4, 0.5) is 0 Å². The molecule has 0 aliphatic heterocycles. The molecule has 0 amide bonds. The van der Waals surface area contributed by atoms with Crippen LogP contribution in [0.1, 0.15) is 10.4 Å². The first-order chi connectivity index (χ1) is 4.88. The van der Waals surface area contributed by atoms with E-state index in [-0.39, 0.29) is 0 Å². The van der Waals surface area contributed by atoms with Gasteiger partial charge in [-0.05, 0) is 6.07 Å². The average molecular weight is 170 g/mol. The molecule has 0 aliphatic rings. The molecular weight excluding hydrogens is 164 g/mol. The normalized spacial score (nSPS) is 9.30. The average Bonchev–Trinajstić information content (AvgIpc) is 2.04. The maximum Gasteiger partial charge on any atom is 0.151 e. The zero-order valence-electron chi connectivity index (χ0n) is 5.15. The summed E-state index contributed by atoms with van der Waals surface area (Å²) in [6, 6.07) is 7.34. The van der Waals surface area contributed by atoms with E-state index in [4.69, 9.17) is 0 Å². The molecule has 0 bridgehead atoms. The second kappa shape index (κ2) is 3.68. The van der Waals surface area contributed by atoms with Gasteiger partial charge < -0.3 is 0 Å². The van der Waals surface area contributed by atoms with Gasteiger partial charge in [-0.1, -0.05) is 29.0 Å². The summed E-state index contributed by atoms with van der Waals surface area (Å²) < 4.78 is 0. The number of carbonyl (C=O) groups excluding carboxylic acids is 1. The van der Waals surface area contributed by atoms with Gasteiger partial charge in [-0.2, -0.15) is 0 Å². The maximum absolute atomic E-state index is 10.3. The van der Waals surface area contributed by atoms with E-state index in [0.717, 1.165) is 11.2 Å². The molecule has 0 aliphatic carbocycles. The molecule has 0 saturated carbocycles. The van der Waals surface area contributed by atoms with Gasteiger partial charge in [0, 0.05) is 10.5 Å². The van der Waals surface area contributed by atoms with Gasteiger partial charge in [0.1, 0.15) is 0 Å². The summed E-state index contributed by atoms with van der Waals surface area (Å²) in [5, 5.41) is 0. The fourth-order valence-corrected chi connectivity index (χ4v) is 1.52. The second-order valence-corrected chi connectivity index (χ2v) is 2.92. The van der Waals surface area contributed by atoms with Crippen LogP contribution in [-0.2, 0) is 0 Å². The Morgan fingerprint density at radius 3 is 2.60 bits per heavy atom. The van der Waals surface area contributed by atoms with Crippen molar-refractivity contribution < 1.29 is 4.79 Å². The summed E-state index contributed by atoms with van der Waals surface area (Å²) in [5.41, 5.74) is 0.697. The summed E-state index contributed by atoms with van der Waals surface area (Å²) in [6.45, 7) is 0. The zero-order valence-corrected chi connectivity index (χ0v) is 6.86. The van der Waals surface area contributed by atoms with E-state index >= 15 is 0 Å². The standard InChI is InChI=1S/C7H6OS2/c8-5-6-3-1-2-4-7(6)10-9/h1-5,9H. The molecular formula is C7H6OS2. The van der Waals surface area contributed by atoms with Crippen molar-refractivity contribution in [1.29, 1.82) is 0 Å². The van der Waals surface area contributed by atoms with Crippen molar-refractivity contribution in [2.24, 2.45) is 0 Å². The number of aldehydes is 1. The van der Waals surface area contributed by atoms with Gasteiger partial charge in [-0.25, -0.2) is 0 Å². The summed E-state index contributed by atoms with van der Waals surface area (Å²) in [4.78, 5) is 11.2. The number of benzene rings is 1. The first-order valence-electron chi connectivity index (χ1n) is 2.74. The van der Waals surface area contributed by atoms with Crippen molar-refractivity contribution in [3.05, 3.63) is 29.8 Å². The van der Waals surface area contributed by atoms with E-state index in [1.807, 2.05) is 18.2 Å². The van der Waals surface area contributed by atoms with Gasteiger partial charge in [0.05, 0.1) is 0 Å². The molecule has 0 atom stereocenters.